The van der Waals surface area contributed by atoms with E-state index in [-0.39, 0.29) is 64.0 Å². The highest BCUT2D eigenvalue weighted by molar-refractivity contribution is 5.96. The fourth-order valence-corrected chi connectivity index (χ4v) is 4.57. The van der Waals surface area contributed by atoms with Crippen LogP contribution >= 0.6 is 0 Å². The smallest absolute Gasteiger partial charge is 0.326 e. The van der Waals surface area contributed by atoms with Crippen molar-refractivity contribution in [3.8, 4) is 0 Å². The van der Waals surface area contributed by atoms with Gasteiger partial charge in [0.05, 0.1) is 6.04 Å². The molecule has 1 aliphatic heterocycles. The molecule has 0 spiro atoms. The van der Waals surface area contributed by atoms with Crippen LogP contribution in [-0.4, -0.2) is 101 Å². The van der Waals surface area contributed by atoms with Crippen molar-refractivity contribution in [3.63, 3.8) is 0 Å². The third-order valence-electron chi connectivity index (χ3n) is 6.98. The fraction of sp³-hybridized carbons (Fsp3) is 0.692. The molecule has 1 heterocycles. The van der Waals surface area contributed by atoms with Crippen molar-refractivity contribution < 1.29 is 38.7 Å². The summed E-state index contributed by atoms with van der Waals surface area (Å²) in [4.78, 5) is 92.1. The molecule has 0 bridgehead atoms. The molecule has 44 heavy (non-hydrogen) atoms. The van der Waals surface area contributed by atoms with Gasteiger partial charge >= 0.3 is 5.97 Å². The first-order valence-electron chi connectivity index (χ1n) is 14.4. The number of hydrogen-bond acceptors (Lipinski definition) is 9. The second-order valence-corrected chi connectivity index (χ2v) is 10.9. The van der Waals surface area contributed by atoms with Crippen molar-refractivity contribution in [2.75, 3.05) is 13.1 Å². The zero-order valence-corrected chi connectivity index (χ0v) is 25.1. The van der Waals surface area contributed by atoms with Crippen molar-refractivity contribution in [2.45, 2.75) is 95.4 Å². The maximum atomic E-state index is 13.4. The van der Waals surface area contributed by atoms with Crippen LogP contribution in [0, 0.1) is 5.92 Å². The van der Waals surface area contributed by atoms with Crippen molar-refractivity contribution in [3.05, 3.63) is 0 Å². The largest absolute Gasteiger partial charge is 0.480 e. The summed E-state index contributed by atoms with van der Waals surface area (Å²) < 4.78 is 0. The molecule has 1 saturated heterocycles. The molecule has 248 valence electrons. The molecule has 1 fully saturated rings. The minimum absolute atomic E-state index is 0.00334. The molecule has 0 aromatic carbocycles. The van der Waals surface area contributed by atoms with E-state index in [0.717, 1.165) is 0 Å². The van der Waals surface area contributed by atoms with Crippen LogP contribution < -0.4 is 44.6 Å². The number of aliphatic carboxylic acids is 1. The molecule has 0 unspecified atom stereocenters. The maximum absolute atomic E-state index is 13.4. The van der Waals surface area contributed by atoms with Gasteiger partial charge in [0, 0.05) is 25.9 Å². The van der Waals surface area contributed by atoms with Crippen molar-refractivity contribution in [1.82, 2.24) is 20.9 Å². The average Bonchev–Trinajstić information content (AvgIpc) is 3.43. The third-order valence-corrected chi connectivity index (χ3v) is 6.98. The number of carbonyl (C=O) groups is 7. The van der Waals surface area contributed by atoms with Crippen molar-refractivity contribution in [1.29, 1.82) is 0 Å². The Morgan fingerprint density at radius 1 is 0.864 bits per heavy atom. The number of likely N-dealkylation sites (tertiary alicyclic amines) is 1. The molecular formula is C26H46N10O8. The van der Waals surface area contributed by atoms with Gasteiger partial charge in [-0.05, 0) is 44.4 Å². The van der Waals surface area contributed by atoms with Gasteiger partial charge in [0.1, 0.15) is 24.2 Å². The minimum Gasteiger partial charge on any atom is -0.480 e. The van der Waals surface area contributed by atoms with Crippen LogP contribution in [-0.2, 0) is 33.6 Å². The molecule has 0 aromatic heterocycles. The van der Waals surface area contributed by atoms with E-state index in [0.29, 0.717) is 6.42 Å². The van der Waals surface area contributed by atoms with Gasteiger partial charge in [0.2, 0.25) is 35.4 Å². The fourth-order valence-electron chi connectivity index (χ4n) is 4.57. The highest BCUT2D eigenvalue weighted by Crippen LogP contribution is 2.20. The summed E-state index contributed by atoms with van der Waals surface area (Å²) in [6.07, 6.45) is 0.339. The number of aliphatic imine (C=N–C) groups is 1. The van der Waals surface area contributed by atoms with Crippen molar-refractivity contribution >= 4 is 47.4 Å². The Bertz CT molecular complexity index is 1090. The Morgan fingerprint density at radius 2 is 1.43 bits per heavy atom. The number of hydrogen-bond donors (Lipinski definition) is 9. The van der Waals surface area contributed by atoms with Crippen LogP contribution in [0.25, 0.3) is 0 Å². The number of nitrogens with zero attached hydrogens (tertiary/aromatic N) is 2. The monoisotopic (exact) mass is 626 g/mol. The van der Waals surface area contributed by atoms with Gasteiger partial charge in [-0.25, -0.2) is 4.79 Å². The first-order chi connectivity index (χ1) is 20.5. The first kappa shape index (κ1) is 37.5. The van der Waals surface area contributed by atoms with Crippen LogP contribution in [0.3, 0.4) is 0 Å². The summed E-state index contributed by atoms with van der Waals surface area (Å²) in [6.45, 7) is 3.53. The van der Waals surface area contributed by atoms with Crippen LogP contribution in [0.5, 0.6) is 0 Å². The number of carboxylic acid groups (broad SMARTS) is 1. The molecule has 5 atom stereocenters. The molecule has 14 N–H and O–H groups in total. The van der Waals surface area contributed by atoms with E-state index in [4.69, 9.17) is 28.7 Å². The molecule has 6 amide bonds. The topological polar surface area (TPSA) is 322 Å². The Kier molecular flexibility index (Phi) is 15.6. The van der Waals surface area contributed by atoms with Crippen LogP contribution in [0.1, 0.15) is 65.2 Å². The van der Waals surface area contributed by atoms with Gasteiger partial charge in [0.15, 0.2) is 5.96 Å². The molecule has 0 aliphatic carbocycles. The highest BCUT2D eigenvalue weighted by Gasteiger charge is 2.38. The number of rotatable bonds is 19. The Balaban J connectivity index is 3.13. The maximum Gasteiger partial charge on any atom is 0.326 e. The predicted octanol–water partition coefficient (Wildman–Crippen LogP) is -3.92. The number of guanidine groups is 1. The highest BCUT2D eigenvalue weighted by atomic mass is 16.4. The predicted molar refractivity (Wildman–Crippen MR) is 158 cm³/mol. The molecule has 0 radical (unpaired) electrons. The standard InChI is InChI=1S/C26H46N10O8/c1-13(2)20(25(43)44)35-22(40)15(5-3-11-32-26(30)31)33-21(39)16(8-10-19(29)38)34-23(41)17-6-4-12-36(17)24(42)14(27)7-9-18(28)37/h13-17,20H,3-12,27H2,1-2H3,(H2,28,37)(H2,29,38)(H,33,39)(H,34,41)(H,35,40)(H,43,44)(H4,30,31,32)/t14-,15-,16-,17-,20-/m0/s1. The number of nitrogens with two attached hydrogens (primary N) is 5. The van der Waals surface area contributed by atoms with Crippen LogP contribution in [0.15, 0.2) is 4.99 Å². The number of amides is 6. The van der Waals surface area contributed by atoms with Gasteiger partial charge < -0.3 is 54.6 Å². The van der Waals surface area contributed by atoms with E-state index in [9.17, 15) is 38.7 Å². The van der Waals surface area contributed by atoms with E-state index < -0.39 is 77.5 Å². The summed E-state index contributed by atoms with van der Waals surface area (Å²) >= 11 is 0. The van der Waals surface area contributed by atoms with E-state index >= 15 is 0 Å². The summed E-state index contributed by atoms with van der Waals surface area (Å²) in [5.74, 6) is -6.17. The van der Waals surface area contributed by atoms with E-state index in [1.54, 1.807) is 13.8 Å². The zero-order valence-electron chi connectivity index (χ0n) is 25.1. The van der Waals surface area contributed by atoms with Gasteiger partial charge in [0.25, 0.3) is 0 Å². The molecule has 18 heteroatoms. The average molecular weight is 627 g/mol. The summed E-state index contributed by atoms with van der Waals surface area (Å²) in [5, 5.41) is 17.0. The second-order valence-electron chi connectivity index (χ2n) is 10.9. The molecule has 0 aromatic rings. The molecule has 1 rings (SSSR count). The lowest BCUT2D eigenvalue weighted by Crippen LogP contribution is -2.58. The number of carboxylic acids is 1. The third kappa shape index (κ3) is 12.8. The van der Waals surface area contributed by atoms with Gasteiger partial charge in [-0.15, -0.1) is 0 Å². The van der Waals surface area contributed by atoms with Gasteiger partial charge in [-0.3, -0.25) is 33.8 Å². The lowest BCUT2D eigenvalue weighted by Gasteiger charge is -2.29. The van der Waals surface area contributed by atoms with E-state index in [1.807, 2.05) is 0 Å². The lowest BCUT2D eigenvalue weighted by molar-refractivity contribution is -0.143. The van der Waals surface area contributed by atoms with Gasteiger partial charge in [-0.2, -0.15) is 0 Å². The number of nitrogens with one attached hydrogen (secondary N) is 3. The Labute approximate surface area is 255 Å². The first-order valence-corrected chi connectivity index (χ1v) is 14.4. The minimum atomic E-state index is -1.34. The van der Waals surface area contributed by atoms with Crippen LogP contribution in [0.2, 0.25) is 0 Å². The number of carbonyl (C=O) groups excluding carboxylic acids is 6. The molecule has 0 saturated carbocycles. The summed E-state index contributed by atoms with van der Waals surface area (Å²) in [5.41, 5.74) is 27.0. The SMILES string of the molecule is CC(C)[C@H](NC(=O)[C@H](CCCN=C(N)N)NC(=O)[C@H](CCC(N)=O)NC(=O)[C@@H]1CCCN1C(=O)[C@@H](N)CCC(N)=O)C(=O)O. The summed E-state index contributed by atoms with van der Waals surface area (Å²) in [6, 6.07) is -5.89. The molecular weight excluding hydrogens is 580 g/mol. The lowest BCUT2D eigenvalue weighted by atomic mass is 10.0. The van der Waals surface area contributed by atoms with Gasteiger partial charge in [-0.1, -0.05) is 13.8 Å². The Morgan fingerprint density at radius 3 is 1.98 bits per heavy atom. The second kappa shape index (κ2) is 18.2. The molecule has 1 aliphatic rings. The van der Waals surface area contributed by atoms with Crippen LogP contribution in [0.4, 0.5) is 0 Å². The van der Waals surface area contributed by atoms with Crippen molar-refractivity contribution in [2.24, 2.45) is 39.6 Å². The number of primary amides is 2. The summed E-state index contributed by atoms with van der Waals surface area (Å²) in [7, 11) is 0. The normalized spacial score (nSPS) is 17.1. The van der Waals surface area contributed by atoms with E-state index in [1.165, 1.54) is 4.90 Å². The molecule has 18 nitrogen and oxygen atoms in total. The quantitative estimate of drug-likeness (QED) is 0.0379. The Hall–Kier alpha value is -4.48. The zero-order chi connectivity index (χ0) is 33.6. The van der Waals surface area contributed by atoms with E-state index in [2.05, 4.69) is 20.9 Å².